The summed E-state index contributed by atoms with van der Waals surface area (Å²) in [5.41, 5.74) is 7.46. The lowest BCUT2D eigenvalue weighted by atomic mass is 10.1. The number of aromatic amines is 1. The summed E-state index contributed by atoms with van der Waals surface area (Å²) in [4.78, 5) is 15.3. The van der Waals surface area contributed by atoms with E-state index in [1.165, 1.54) is 17.3 Å². The summed E-state index contributed by atoms with van der Waals surface area (Å²) in [6.45, 7) is 3.85. The third kappa shape index (κ3) is 3.35. The molecule has 0 saturated heterocycles. The lowest BCUT2D eigenvalue weighted by molar-refractivity contribution is -0.117. The van der Waals surface area contributed by atoms with Gasteiger partial charge in [-0.15, -0.1) is 5.10 Å². The van der Waals surface area contributed by atoms with E-state index in [0.717, 1.165) is 12.0 Å². The van der Waals surface area contributed by atoms with Crippen LogP contribution in [0, 0.1) is 0 Å². The molecule has 0 aliphatic rings. The maximum atomic E-state index is 11.0. The number of amides is 1. The highest BCUT2D eigenvalue weighted by molar-refractivity contribution is 8.00. The van der Waals surface area contributed by atoms with Crippen molar-refractivity contribution in [1.29, 1.82) is 0 Å². The molecule has 0 aliphatic carbocycles. The number of nitrogens with two attached hydrogens (primary N) is 1. The first-order valence-electron chi connectivity index (χ1n) is 6.08. The van der Waals surface area contributed by atoms with Gasteiger partial charge < -0.3 is 5.73 Å². The molecule has 0 fully saturated rings. The topological polar surface area (TPSA) is 84.7 Å². The summed E-state index contributed by atoms with van der Waals surface area (Å²) in [6.07, 6.45) is 1.01. The zero-order valence-electron chi connectivity index (χ0n) is 10.9. The van der Waals surface area contributed by atoms with Crippen LogP contribution in [0.4, 0.5) is 0 Å². The smallest absolute Gasteiger partial charge is 0.230 e. The molecular formula is C13H16N4OS. The number of benzene rings is 1. The molecule has 5 nitrogen and oxygen atoms in total. The molecule has 1 amide bonds. The summed E-state index contributed by atoms with van der Waals surface area (Å²) >= 11 is 1.25. The van der Waals surface area contributed by atoms with Crippen LogP contribution in [0.3, 0.4) is 0 Å². The first-order chi connectivity index (χ1) is 9.10. The highest BCUT2D eigenvalue weighted by Crippen LogP contribution is 2.22. The number of H-pyrrole nitrogens is 1. The molecule has 6 heteroatoms. The molecule has 0 unspecified atom stereocenters. The molecule has 1 atom stereocenters. The molecule has 100 valence electrons. The SMILES string of the molecule is CCc1ccc(-c2nc(S[C@H](C)C(N)=O)n[nH]2)cc1. The maximum Gasteiger partial charge on any atom is 0.230 e. The van der Waals surface area contributed by atoms with Gasteiger partial charge >= 0.3 is 0 Å². The predicted molar refractivity (Wildman–Crippen MR) is 75.7 cm³/mol. The molecule has 2 aromatic rings. The number of carbonyl (C=O) groups excluding carboxylic acids is 1. The lowest BCUT2D eigenvalue weighted by Gasteiger charge is -2.01. The molecule has 0 spiro atoms. The van der Waals surface area contributed by atoms with E-state index in [9.17, 15) is 4.79 Å². The summed E-state index contributed by atoms with van der Waals surface area (Å²) in [5, 5.41) is 7.13. The fourth-order valence-electron chi connectivity index (χ4n) is 1.54. The van der Waals surface area contributed by atoms with Gasteiger partial charge in [0.15, 0.2) is 5.82 Å². The van der Waals surface area contributed by atoms with E-state index in [4.69, 9.17) is 5.73 Å². The monoisotopic (exact) mass is 276 g/mol. The van der Waals surface area contributed by atoms with Crippen molar-refractivity contribution in [3.8, 4) is 11.4 Å². The van der Waals surface area contributed by atoms with Gasteiger partial charge in [-0.25, -0.2) is 4.98 Å². The van der Waals surface area contributed by atoms with Crippen LogP contribution < -0.4 is 5.73 Å². The molecule has 1 aromatic heterocycles. The molecule has 0 aliphatic heterocycles. The minimum Gasteiger partial charge on any atom is -0.369 e. The van der Waals surface area contributed by atoms with Crippen LogP contribution in [0.25, 0.3) is 11.4 Å². The van der Waals surface area contributed by atoms with Crippen molar-refractivity contribution in [2.24, 2.45) is 5.73 Å². The Morgan fingerprint density at radius 3 is 2.68 bits per heavy atom. The van der Waals surface area contributed by atoms with Crippen LogP contribution in [0.5, 0.6) is 0 Å². The van der Waals surface area contributed by atoms with Crippen LogP contribution in [0.2, 0.25) is 0 Å². The summed E-state index contributed by atoms with van der Waals surface area (Å²) in [7, 11) is 0. The first kappa shape index (κ1) is 13.6. The third-order valence-electron chi connectivity index (χ3n) is 2.78. The Balaban J connectivity index is 2.13. The number of hydrogen-bond acceptors (Lipinski definition) is 4. The van der Waals surface area contributed by atoms with E-state index >= 15 is 0 Å². The molecule has 0 saturated carbocycles. The Morgan fingerprint density at radius 2 is 2.11 bits per heavy atom. The number of hydrogen-bond donors (Lipinski definition) is 2. The minimum atomic E-state index is -0.372. The van der Waals surface area contributed by atoms with Gasteiger partial charge in [-0.2, -0.15) is 0 Å². The van der Waals surface area contributed by atoms with Crippen LogP contribution in [-0.2, 0) is 11.2 Å². The number of aryl methyl sites for hydroxylation is 1. The van der Waals surface area contributed by atoms with Gasteiger partial charge in [-0.05, 0) is 18.9 Å². The second-order valence-electron chi connectivity index (χ2n) is 4.18. The van der Waals surface area contributed by atoms with Crippen molar-refractivity contribution in [2.75, 3.05) is 0 Å². The van der Waals surface area contributed by atoms with E-state index < -0.39 is 0 Å². The number of nitrogens with zero attached hydrogens (tertiary/aromatic N) is 2. The second kappa shape index (κ2) is 5.88. The highest BCUT2D eigenvalue weighted by atomic mass is 32.2. The van der Waals surface area contributed by atoms with Gasteiger partial charge in [0.25, 0.3) is 0 Å². The van der Waals surface area contributed by atoms with Crippen molar-refractivity contribution in [2.45, 2.75) is 30.7 Å². The number of carbonyl (C=O) groups is 1. The summed E-state index contributed by atoms with van der Waals surface area (Å²) in [5.74, 6) is 0.325. The number of thioether (sulfide) groups is 1. The third-order valence-corrected chi connectivity index (χ3v) is 3.76. The number of primary amides is 1. The van der Waals surface area contributed by atoms with Crippen LogP contribution in [0.15, 0.2) is 29.4 Å². The van der Waals surface area contributed by atoms with Crippen LogP contribution in [-0.4, -0.2) is 26.3 Å². The van der Waals surface area contributed by atoms with Crippen LogP contribution in [0.1, 0.15) is 19.4 Å². The molecule has 1 aromatic carbocycles. The van der Waals surface area contributed by atoms with Crippen molar-refractivity contribution < 1.29 is 4.79 Å². The van der Waals surface area contributed by atoms with E-state index in [0.29, 0.717) is 11.0 Å². The lowest BCUT2D eigenvalue weighted by Crippen LogP contribution is -2.22. The fraction of sp³-hybridized carbons (Fsp3) is 0.308. The van der Waals surface area contributed by atoms with Crippen molar-refractivity contribution in [3.63, 3.8) is 0 Å². The quantitative estimate of drug-likeness (QED) is 0.818. The average molecular weight is 276 g/mol. The summed E-state index contributed by atoms with van der Waals surface area (Å²) in [6, 6.07) is 8.14. The highest BCUT2D eigenvalue weighted by Gasteiger charge is 2.14. The molecule has 1 heterocycles. The van der Waals surface area contributed by atoms with Crippen molar-refractivity contribution >= 4 is 17.7 Å². The van der Waals surface area contributed by atoms with Gasteiger partial charge in [-0.3, -0.25) is 9.89 Å². The Hall–Kier alpha value is -1.82. The molecule has 2 rings (SSSR count). The van der Waals surface area contributed by atoms with Crippen LogP contribution >= 0.6 is 11.8 Å². The Labute approximate surface area is 116 Å². The second-order valence-corrected chi connectivity index (χ2v) is 5.49. The zero-order valence-corrected chi connectivity index (χ0v) is 11.7. The van der Waals surface area contributed by atoms with Gasteiger partial charge in [0, 0.05) is 5.56 Å². The van der Waals surface area contributed by atoms with Gasteiger partial charge in [0.2, 0.25) is 11.1 Å². The Bertz CT molecular complexity index is 564. The van der Waals surface area contributed by atoms with Crippen molar-refractivity contribution in [1.82, 2.24) is 15.2 Å². The largest absolute Gasteiger partial charge is 0.369 e. The summed E-state index contributed by atoms with van der Waals surface area (Å²) < 4.78 is 0. The zero-order chi connectivity index (χ0) is 13.8. The number of rotatable bonds is 5. The van der Waals surface area contributed by atoms with E-state index in [2.05, 4.69) is 34.2 Å². The molecule has 19 heavy (non-hydrogen) atoms. The average Bonchev–Trinajstić information content (AvgIpc) is 2.87. The molecule has 0 radical (unpaired) electrons. The molecule has 0 bridgehead atoms. The number of aromatic nitrogens is 3. The van der Waals surface area contributed by atoms with Gasteiger partial charge in [0.05, 0.1) is 5.25 Å². The van der Waals surface area contributed by atoms with E-state index in [1.54, 1.807) is 6.92 Å². The minimum absolute atomic E-state index is 0.342. The normalized spacial score (nSPS) is 12.3. The van der Waals surface area contributed by atoms with E-state index in [-0.39, 0.29) is 11.2 Å². The Kier molecular flexibility index (Phi) is 4.21. The molecular weight excluding hydrogens is 260 g/mol. The van der Waals surface area contributed by atoms with Gasteiger partial charge in [0.1, 0.15) is 0 Å². The first-order valence-corrected chi connectivity index (χ1v) is 6.95. The van der Waals surface area contributed by atoms with E-state index in [1.807, 2.05) is 12.1 Å². The predicted octanol–water partition coefficient (Wildman–Crippen LogP) is 2.00. The Morgan fingerprint density at radius 1 is 1.42 bits per heavy atom. The fourth-order valence-corrected chi connectivity index (χ4v) is 2.22. The maximum absolute atomic E-state index is 11.0. The standard InChI is InChI=1S/C13H16N4OS/c1-3-9-4-6-10(7-5-9)12-15-13(17-16-12)19-8(2)11(14)18/h4-8H,3H2,1-2H3,(H2,14,18)(H,15,16,17)/t8-/m1/s1. The molecule has 3 N–H and O–H groups in total. The number of nitrogens with one attached hydrogen (secondary N) is 1. The van der Waals surface area contributed by atoms with Crippen molar-refractivity contribution in [3.05, 3.63) is 29.8 Å². The van der Waals surface area contributed by atoms with Gasteiger partial charge in [-0.1, -0.05) is 43.0 Å².